The highest BCUT2D eigenvalue weighted by molar-refractivity contribution is 5.91. The molecule has 7 nitrogen and oxygen atoms in total. The average Bonchev–Trinajstić information content (AvgIpc) is 3.02. The van der Waals surface area contributed by atoms with Crippen molar-refractivity contribution in [1.82, 2.24) is 25.5 Å². The molecule has 1 aliphatic heterocycles. The van der Waals surface area contributed by atoms with Crippen LogP contribution in [0.4, 0.5) is 5.69 Å². The Hall–Kier alpha value is -2.28. The molecule has 1 aliphatic rings. The second kappa shape index (κ2) is 6.45. The summed E-state index contributed by atoms with van der Waals surface area (Å²) in [4.78, 5) is 12.1. The number of hydrogen-bond donors (Lipinski definition) is 2. The van der Waals surface area contributed by atoms with E-state index in [1.54, 1.807) is 4.68 Å². The van der Waals surface area contributed by atoms with Crippen molar-refractivity contribution in [2.75, 3.05) is 18.4 Å². The topological polar surface area (TPSA) is 84.7 Å². The maximum Gasteiger partial charge on any atom is 0.224 e. The van der Waals surface area contributed by atoms with Crippen LogP contribution >= 0.6 is 0 Å². The first-order chi connectivity index (χ1) is 10.3. The Morgan fingerprint density at radius 3 is 3.00 bits per heavy atom. The zero-order valence-electron chi connectivity index (χ0n) is 11.7. The smallest absolute Gasteiger partial charge is 0.224 e. The van der Waals surface area contributed by atoms with Crippen LogP contribution in [0.5, 0.6) is 0 Å². The van der Waals surface area contributed by atoms with Gasteiger partial charge in [-0.25, -0.2) is 4.68 Å². The van der Waals surface area contributed by atoms with E-state index >= 15 is 0 Å². The molecule has 1 fully saturated rings. The first-order valence-electron chi connectivity index (χ1n) is 7.15. The number of benzene rings is 1. The van der Waals surface area contributed by atoms with Crippen LogP contribution in [0.15, 0.2) is 30.6 Å². The van der Waals surface area contributed by atoms with Crippen LogP contribution in [0.2, 0.25) is 0 Å². The minimum absolute atomic E-state index is 0.0655. The van der Waals surface area contributed by atoms with Crippen LogP contribution in [-0.4, -0.2) is 39.2 Å². The van der Waals surface area contributed by atoms with Crippen molar-refractivity contribution < 1.29 is 4.79 Å². The van der Waals surface area contributed by atoms with Gasteiger partial charge >= 0.3 is 0 Å². The fourth-order valence-electron chi connectivity index (χ4n) is 2.57. The summed E-state index contributed by atoms with van der Waals surface area (Å²) in [5.41, 5.74) is 1.58. The number of carbonyl (C=O) groups is 1. The number of anilines is 1. The molecule has 0 unspecified atom stereocenters. The van der Waals surface area contributed by atoms with Gasteiger partial charge in [0.05, 0.1) is 5.69 Å². The second-order valence-electron chi connectivity index (χ2n) is 5.25. The highest BCUT2D eigenvalue weighted by atomic mass is 16.1. The van der Waals surface area contributed by atoms with Crippen molar-refractivity contribution in [1.29, 1.82) is 0 Å². The number of amides is 1. The van der Waals surface area contributed by atoms with E-state index in [9.17, 15) is 4.79 Å². The van der Waals surface area contributed by atoms with Crippen molar-refractivity contribution in [2.24, 2.45) is 5.92 Å². The monoisotopic (exact) mass is 286 g/mol. The Morgan fingerprint density at radius 2 is 2.24 bits per heavy atom. The lowest BCUT2D eigenvalue weighted by atomic mass is 9.94. The van der Waals surface area contributed by atoms with Gasteiger partial charge in [-0.3, -0.25) is 4.79 Å². The number of rotatable bonds is 4. The first kappa shape index (κ1) is 13.7. The average molecular weight is 286 g/mol. The van der Waals surface area contributed by atoms with E-state index in [0.717, 1.165) is 37.3 Å². The van der Waals surface area contributed by atoms with Crippen LogP contribution < -0.4 is 10.6 Å². The number of piperidine rings is 1. The fraction of sp³-hybridized carbons (Fsp3) is 0.429. The summed E-state index contributed by atoms with van der Waals surface area (Å²) in [5.74, 6) is 0.546. The molecular formula is C14H18N6O. The third-order valence-electron chi connectivity index (χ3n) is 3.68. The van der Waals surface area contributed by atoms with Gasteiger partial charge in [0.2, 0.25) is 5.91 Å². The largest absolute Gasteiger partial charge is 0.326 e. The summed E-state index contributed by atoms with van der Waals surface area (Å²) < 4.78 is 1.56. The third kappa shape index (κ3) is 3.63. The van der Waals surface area contributed by atoms with Crippen molar-refractivity contribution >= 4 is 11.6 Å². The predicted molar refractivity (Wildman–Crippen MR) is 78.0 cm³/mol. The van der Waals surface area contributed by atoms with Crippen molar-refractivity contribution in [3.63, 3.8) is 0 Å². The lowest BCUT2D eigenvalue weighted by Gasteiger charge is -2.21. The number of nitrogens with one attached hydrogen (secondary N) is 2. The first-order valence-corrected chi connectivity index (χ1v) is 7.15. The van der Waals surface area contributed by atoms with Crippen molar-refractivity contribution in [3.8, 4) is 5.69 Å². The van der Waals surface area contributed by atoms with Gasteiger partial charge in [-0.05, 0) is 60.5 Å². The van der Waals surface area contributed by atoms with Gasteiger partial charge in [0.15, 0.2) is 0 Å². The second-order valence-corrected chi connectivity index (χ2v) is 5.25. The SMILES string of the molecule is O=C(CC1CCNCC1)Nc1cccc(-n2cnnn2)c1. The Labute approximate surface area is 122 Å². The van der Waals surface area contributed by atoms with Crippen LogP contribution in [0.1, 0.15) is 19.3 Å². The fourth-order valence-corrected chi connectivity index (χ4v) is 2.57. The summed E-state index contributed by atoms with van der Waals surface area (Å²) in [6.07, 6.45) is 4.24. The number of aromatic nitrogens is 4. The molecule has 0 aliphatic carbocycles. The molecular weight excluding hydrogens is 268 g/mol. The highest BCUT2D eigenvalue weighted by Crippen LogP contribution is 2.18. The molecule has 110 valence electrons. The molecule has 0 saturated carbocycles. The molecule has 21 heavy (non-hydrogen) atoms. The molecule has 0 atom stereocenters. The minimum atomic E-state index is 0.0655. The molecule has 0 radical (unpaired) electrons. The third-order valence-corrected chi connectivity index (χ3v) is 3.68. The van der Waals surface area contributed by atoms with Gasteiger partial charge in [-0.1, -0.05) is 6.07 Å². The lowest BCUT2D eigenvalue weighted by molar-refractivity contribution is -0.117. The van der Waals surface area contributed by atoms with Crippen LogP contribution in [0.25, 0.3) is 5.69 Å². The molecule has 1 aromatic heterocycles. The van der Waals surface area contributed by atoms with Gasteiger partial charge in [-0.2, -0.15) is 0 Å². The molecule has 1 saturated heterocycles. The zero-order chi connectivity index (χ0) is 14.5. The Kier molecular flexibility index (Phi) is 4.20. The standard InChI is InChI=1S/C14H18N6O/c21-14(8-11-4-6-15-7-5-11)17-12-2-1-3-13(9-12)20-10-16-18-19-20/h1-3,9-11,15H,4-8H2,(H,17,21). The lowest BCUT2D eigenvalue weighted by Crippen LogP contribution is -2.30. The Morgan fingerprint density at radius 1 is 1.38 bits per heavy atom. The summed E-state index contributed by atoms with van der Waals surface area (Å²) >= 11 is 0. The predicted octanol–water partition coefficient (Wildman–Crippen LogP) is 0.990. The molecule has 2 N–H and O–H groups in total. The number of nitrogens with zero attached hydrogens (tertiary/aromatic N) is 4. The molecule has 2 heterocycles. The van der Waals surface area contributed by atoms with Crippen LogP contribution in [-0.2, 0) is 4.79 Å². The number of tetrazole rings is 1. The zero-order valence-corrected chi connectivity index (χ0v) is 11.7. The molecule has 2 aromatic rings. The Balaban J connectivity index is 1.62. The van der Waals surface area contributed by atoms with E-state index in [1.165, 1.54) is 6.33 Å². The molecule has 3 rings (SSSR count). The van der Waals surface area contributed by atoms with Crippen LogP contribution in [0, 0.1) is 5.92 Å². The van der Waals surface area contributed by atoms with E-state index in [2.05, 4.69) is 26.2 Å². The summed E-state index contributed by atoms with van der Waals surface area (Å²) in [6.45, 7) is 2.01. The van der Waals surface area contributed by atoms with Crippen molar-refractivity contribution in [3.05, 3.63) is 30.6 Å². The van der Waals surface area contributed by atoms with Gasteiger partial charge in [0, 0.05) is 12.1 Å². The van der Waals surface area contributed by atoms with E-state index in [1.807, 2.05) is 24.3 Å². The van der Waals surface area contributed by atoms with E-state index in [4.69, 9.17) is 0 Å². The Bertz CT molecular complexity index is 591. The molecule has 1 amide bonds. The van der Waals surface area contributed by atoms with Gasteiger partial charge < -0.3 is 10.6 Å². The van der Waals surface area contributed by atoms with Gasteiger partial charge in [0.25, 0.3) is 0 Å². The summed E-state index contributed by atoms with van der Waals surface area (Å²) in [7, 11) is 0. The van der Waals surface area contributed by atoms with Gasteiger partial charge in [-0.15, -0.1) is 5.10 Å². The molecule has 0 bridgehead atoms. The molecule has 0 spiro atoms. The number of hydrogen-bond acceptors (Lipinski definition) is 5. The van der Waals surface area contributed by atoms with E-state index < -0.39 is 0 Å². The number of carbonyl (C=O) groups excluding carboxylic acids is 1. The normalized spacial score (nSPS) is 15.8. The quantitative estimate of drug-likeness (QED) is 0.875. The maximum absolute atomic E-state index is 12.1. The summed E-state index contributed by atoms with van der Waals surface area (Å²) in [5, 5.41) is 17.3. The van der Waals surface area contributed by atoms with E-state index in [-0.39, 0.29) is 5.91 Å². The molecule has 7 heteroatoms. The van der Waals surface area contributed by atoms with Gasteiger partial charge in [0.1, 0.15) is 6.33 Å². The minimum Gasteiger partial charge on any atom is -0.326 e. The molecule has 1 aromatic carbocycles. The maximum atomic E-state index is 12.1. The van der Waals surface area contributed by atoms with Crippen LogP contribution in [0.3, 0.4) is 0 Å². The highest BCUT2D eigenvalue weighted by Gasteiger charge is 2.16. The summed E-state index contributed by atoms with van der Waals surface area (Å²) in [6, 6.07) is 7.49. The van der Waals surface area contributed by atoms with E-state index in [0.29, 0.717) is 12.3 Å². The van der Waals surface area contributed by atoms with Crippen molar-refractivity contribution in [2.45, 2.75) is 19.3 Å².